The SMILES string of the molecule is CC(C)(CCO)CNC(=O)c1ccc2c(c1)CNCC2. The molecule has 2 rings (SSSR count). The van der Waals surface area contributed by atoms with Gasteiger partial charge in [-0.2, -0.15) is 0 Å². The van der Waals surface area contributed by atoms with Crippen LogP contribution in [-0.4, -0.2) is 30.7 Å². The Morgan fingerprint density at radius 1 is 1.40 bits per heavy atom. The van der Waals surface area contributed by atoms with Gasteiger partial charge in [0.25, 0.3) is 5.91 Å². The summed E-state index contributed by atoms with van der Waals surface area (Å²) in [5.41, 5.74) is 3.19. The molecule has 1 aliphatic rings. The first-order chi connectivity index (χ1) is 9.52. The molecule has 1 aromatic rings. The normalized spacial score (nSPS) is 14.8. The highest BCUT2D eigenvalue weighted by molar-refractivity contribution is 5.94. The van der Waals surface area contributed by atoms with E-state index in [1.54, 1.807) is 0 Å². The van der Waals surface area contributed by atoms with E-state index < -0.39 is 0 Å². The average Bonchev–Trinajstić information content (AvgIpc) is 2.44. The number of amides is 1. The van der Waals surface area contributed by atoms with Crippen LogP contribution in [0, 0.1) is 5.41 Å². The molecular formula is C16H24N2O2. The highest BCUT2D eigenvalue weighted by Crippen LogP contribution is 2.19. The molecule has 20 heavy (non-hydrogen) atoms. The van der Waals surface area contributed by atoms with Crippen molar-refractivity contribution in [2.75, 3.05) is 19.7 Å². The summed E-state index contributed by atoms with van der Waals surface area (Å²) in [5, 5.41) is 15.3. The number of carbonyl (C=O) groups is 1. The van der Waals surface area contributed by atoms with Crippen molar-refractivity contribution < 1.29 is 9.90 Å². The minimum absolute atomic E-state index is 0.0376. The van der Waals surface area contributed by atoms with Crippen LogP contribution in [0.4, 0.5) is 0 Å². The van der Waals surface area contributed by atoms with Crippen molar-refractivity contribution in [3.8, 4) is 0 Å². The van der Waals surface area contributed by atoms with Crippen molar-refractivity contribution in [1.82, 2.24) is 10.6 Å². The minimum atomic E-state index is -0.0832. The number of nitrogens with one attached hydrogen (secondary N) is 2. The van der Waals surface area contributed by atoms with Gasteiger partial charge in [0.1, 0.15) is 0 Å². The summed E-state index contributed by atoms with van der Waals surface area (Å²) in [6.45, 7) is 6.65. The van der Waals surface area contributed by atoms with E-state index in [0.29, 0.717) is 18.5 Å². The molecule has 0 atom stereocenters. The first-order valence-electron chi connectivity index (χ1n) is 7.23. The van der Waals surface area contributed by atoms with Gasteiger partial charge in [-0.3, -0.25) is 4.79 Å². The van der Waals surface area contributed by atoms with E-state index >= 15 is 0 Å². The summed E-state index contributed by atoms with van der Waals surface area (Å²) in [6.07, 6.45) is 1.71. The molecule has 0 saturated carbocycles. The van der Waals surface area contributed by atoms with Crippen molar-refractivity contribution in [1.29, 1.82) is 0 Å². The smallest absolute Gasteiger partial charge is 0.251 e. The molecular weight excluding hydrogens is 252 g/mol. The number of benzene rings is 1. The Labute approximate surface area is 120 Å². The summed E-state index contributed by atoms with van der Waals surface area (Å²) in [6, 6.07) is 5.94. The molecule has 0 aliphatic carbocycles. The second-order valence-corrected chi connectivity index (χ2v) is 6.23. The van der Waals surface area contributed by atoms with E-state index in [4.69, 9.17) is 5.11 Å². The second kappa shape index (κ2) is 6.37. The van der Waals surface area contributed by atoms with Gasteiger partial charge in [0.2, 0.25) is 0 Å². The zero-order chi connectivity index (χ0) is 14.6. The molecule has 0 aromatic heterocycles. The molecule has 4 heteroatoms. The standard InChI is InChI=1S/C16H24N2O2/c1-16(2,6-8-19)11-18-15(20)13-4-3-12-5-7-17-10-14(12)9-13/h3-4,9,17,19H,5-8,10-11H2,1-2H3,(H,18,20). The third-order valence-corrected chi connectivity index (χ3v) is 3.87. The van der Waals surface area contributed by atoms with E-state index in [1.165, 1.54) is 11.1 Å². The van der Waals surface area contributed by atoms with Gasteiger partial charge >= 0.3 is 0 Å². The lowest BCUT2D eigenvalue weighted by Gasteiger charge is -2.24. The summed E-state index contributed by atoms with van der Waals surface area (Å²) >= 11 is 0. The zero-order valence-electron chi connectivity index (χ0n) is 12.3. The molecule has 0 radical (unpaired) electrons. The Kier molecular flexibility index (Phi) is 4.78. The van der Waals surface area contributed by atoms with Crippen LogP contribution < -0.4 is 10.6 Å². The van der Waals surface area contributed by atoms with Gasteiger partial charge in [0.05, 0.1) is 0 Å². The maximum Gasteiger partial charge on any atom is 0.251 e. The van der Waals surface area contributed by atoms with Crippen molar-refractivity contribution in [2.45, 2.75) is 33.2 Å². The number of hydrogen-bond donors (Lipinski definition) is 3. The number of fused-ring (bicyclic) bond motifs is 1. The third-order valence-electron chi connectivity index (χ3n) is 3.87. The molecule has 0 fully saturated rings. The van der Waals surface area contributed by atoms with Crippen molar-refractivity contribution in [2.24, 2.45) is 5.41 Å². The van der Waals surface area contributed by atoms with Crippen LogP contribution in [0.2, 0.25) is 0 Å². The Morgan fingerprint density at radius 3 is 2.95 bits per heavy atom. The Bertz CT molecular complexity index is 483. The molecule has 3 N–H and O–H groups in total. The zero-order valence-corrected chi connectivity index (χ0v) is 12.3. The first-order valence-corrected chi connectivity index (χ1v) is 7.23. The van der Waals surface area contributed by atoms with Crippen LogP contribution in [0.5, 0.6) is 0 Å². The maximum absolute atomic E-state index is 12.2. The molecule has 1 amide bonds. The number of aliphatic hydroxyl groups excluding tert-OH is 1. The molecule has 4 nitrogen and oxygen atoms in total. The predicted molar refractivity (Wildman–Crippen MR) is 79.7 cm³/mol. The molecule has 0 unspecified atom stereocenters. The highest BCUT2D eigenvalue weighted by atomic mass is 16.3. The topological polar surface area (TPSA) is 61.4 Å². The predicted octanol–water partition coefficient (Wildman–Crippen LogP) is 1.47. The molecule has 0 bridgehead atoms. The van der Waals surface area contributed by atoms with Crippen LogP contribution in [0.1, 0.15) is 41.8 Å². The number of carbonyl (C=O) groups excluding carboxylic acids is 1. The fraction of sp³-hybridized carbons (Fsp3) is 0.562. The monoisotopic (exact) mass is 276 g/mol. The van der Waals surface area contributed by atoms with Crippen molar-refractivity contribution in [3.63, 3.8) is 0 Å². The Balaban J connectivity index is 1.99. The lowest BCUT2D eigenvalue weighted by Crippen LogP contribution is -2.34. The summed E-state index contributed by atoms with van der Waals surface area (Å²) in [4.78, 5) is 12.2. The first kappa shape index (κ1) is 15.0. The van der Waals surface area contributed by atoms with E-state index in [9.17, 15) is 4.79 Å². The second-order valence-electron chi connectivity index (χ2n) is 6.23. The summed E-state index contributed by atoms with van der Waals surface area (Å²) in [5.74, 6) is -0.0376. The maximum atomic E-state index is 12.2. The van der Waals surface area contributed by atoms with E-state index in [1.807, 2.05) is 26.0 Å². The van der Waals surface area contributed by atoms with Crippen molar-refractivity contribution >= 4 is 5.91 Å². The van der Waals surface area contributed by atoms with Gasteiger partial charge in [-0.25, -0.2) is 0 Å². The van der Waals surface area contributed by atoms with Crippen LogP contribution in [0.25, 0.3) is 0 Å². The van der Waals surface area contributed by atoms with E-state index in [2.05, 4.69) is 16.7 Å². The van der Waals surface area contributed by atoms with Gasteiger partial charge in [-0.15, -0.1) is 0 Å². The lowest BCUT2D eigenvalue weighted by atomic mass is 9.89. The average molecular weight is 276 g/mol. The van der Waals surface area contributed by atoms with Crippen LogP contribution in [0.3, 0.4) is 0 Å². The van der Waals surface area contributed by atoms with Gasteiger partial charge in [-0.05, 0) is 48.1 Å². The van der Waals surface area contributed by atoms with Gasteiger partial charge in [0, 0.05) is 25.3 Å². The van der Waals surface area contributed by atoms with Crippen LogP contribution in [0.15, 0.2) is 18.2 Å². The Hall–Kier alpha value is -1.39. The molecule has 1 aromatic carbocycles. The summed E-state index contributed by atoms with van der Waals surface area (Å²) < 4.78 is 0. The molecule has 1 heterocycles. The van der Waals surface area contributed by atoms with Gasteiger partial charge < -0.3 is 15.7 Å². The van der Waals surface area contributed by atoms with Crippen molar-refractivity contribution in [3.05, 3.63) is 34.9 Å². The summed E-state index contributed by atoms with van der Waals surface area (Å²) in [7, 11) is 0. The molecule has 1 aliphatic heterocycles. The van der Waals surface area contributed by atoms with Gasteiger partial charge in [0.15, 0.2) is 0 Å². The number of hydrogen-bond acceptors (Lipinski definition) is 3. The number of rotatable bonds is 5. The number of aliphatic hydroxyl groups is 1. The molecule has 0 saturated heterocycles. The molecule has 0 spiro atoms. The third kappa shape index (κ3) is 3.81. The van der Waals surface area contributed by atoms with E-state index in [-0.39, 0.29) is 17.9 Å². The van der Waals surface area contributed by atoms with E-state index in [0.717, 1.165) is 19.5 Å². The fourth-order valence-electron chi connectivity index (χ4n) is 2.43. The minimum Gasteiger partial charge on any atom is -0.396 e. The fourth-order valence-corrected chi connectivity index (χ4v) is 2.43. The highest BCUT2D eigenvalue weighted by Gasteiger charge is 2.19. The quantitative estimate of drug-likeness (QED) is 0.763. The van der Waals surface area contributed by atoms with Gasteiger partial charge in [-0.1, -0.05) is 19.9 Å². The van der Waals surface area contributed by atoms with Crippen LogP contribution >= 0.6 is 0 Å². The molecule has 110 valence electrons. The van der Waals surface area contributed by atoms with Crippen LogP contribution in [-0.2, 0) is 13.0 Å². The largest absolute Gasteiger partial charge is 0.396 e. The lowest BCUT2D eigenvalue weighted by molar-refractivity contribution is 0.0928. The Morgan fingerprint density at radius 2 is 2.20 bits per heavy atom.